The SMILES string of the molecule is CC(=O)CCCCCC[C@@H]1[C@@H](CCC(O)C(=O)Oc2ccccc2F)[C@H](O)C[C@@H]1O. The summed E-state index contributed by atoms with van der Waals surface area (Å²) < 4.78 is 18.5. The Morgan fingerprint density at radius 3 is 2.37 bits per heavy atom. The molecule has 1 saturated carbocycles. The molecule has 0 spiro atoms. The highest BCUT2D eigenvalue weighted by Crippen LogP contribution is 2.39. The largest absolute Gasteiger partial charge is 0.421 e. The van der Waals surface area contributed by atoms with Gasteiger partial charge in [0.15, 0.2) is 17.7 Å². The summed E-state index contributed by atoms with van der Waals surface area (Å²) in [6.45, 7) is 1.58. The summed E-state index contributed by atoms with van der Waals surface area (Å²) in [5.74, 6) is -1.97. The van der Waals surface area contributed by atoms with Crippen molar-refractivity contribution >= 4 is 11.8 Å². The lowest BCUT2D eigenvalue weighted by atomic mass is 9.85. The second-order valence-corrected chi connectivity index (χ2v) is 8.30. The fraction of sp³-hybridized carbons (Fsp3) is 0.652. The molecule has 1 aliphatic rings. The van der Waals surface area contributed by atoms with Crippen LogP contribution in [0, 0.1) is 17.7 Å². The Morgan fingerprint density at radius 1 is 1.07 bits per heavy atom. The van der Waals surface area contributed by atoms with E-state index in [1.54, 1.807) is 6.92 Å². The molecule has 0 aliphatic heterocycles. The Balaban J connectivity index is 1.78. The number of aliphatic hydroxyl groups excluding tert-OH is 3. The lowest BCUT2D eigenvalue weighted by molar-refractivity contribution is -0.144. The van der Waals surface area contributed by atoms with Gasteiger partial charge in [-0.15, -0.1) is 0 Å². The van der Waals surface area contributed by atoms with Gasteiger partial charge in [0.25, 0.3) is 0 Å². The fourth-order valence-electron chi connectivity index (χ4n) is 4.26. The number of benzene rings is 1. The van der Waals surface area contributed by atoms with Crippen molar-refractivity contribution in [3.8, 4) is 5.75 Å². The van der Waals surface area contributed by atoms with Crippen molar-refractivity contribution in [3.63, 3.8) is 0 Å². The van der Waals surface area contributed by atoms with Gasteiger partial charge in [-0.05, 0) is 63.0 Å². The van der Waals surface area contributed by atoms with E-state index in [9.17, 15) is 29.3 Å². The minimum atomic E-state index is -1.43. The molecule has 1 fully saturated rings. The first-order chi connectivity index (χ1) is 14.3. The standard InChI is InChI=1S/C23H33FO6/c1-15(25)8-4-2-3-5-9-16-17(21(28)14-20(16)27)12-13-19(26)23(29)30-22-11-7-6-10-18(22)24/h6-7,10-11,16-17,19-21,26-28H,2-5,8-9,12-14H2,1H3/t16-,17-,19?,20+,21-/m1/s1. The van der Waals surface area contributed by atoms with E-state index in [2.05, 4.69) is 0 Å². The lowest BCUT2D eigenvalue weighted by Crippen LogP contribution is -2.29. The second-order valence-electron chi connectivity index (χ2n) is 8.30. The van der Waals surface area contributed by atoms with Crippen molar-refractivity contribution in [2.45, 2.75) is 83.0 Å². The van der Waals surface area contributed by atoms with E-state index in [1.807, 2.05) is 0 Å². The molecule has 0 radical (unpaired) electrons. The fourth-order valence-corrected chi connectivity index (χ4v) is 4.26. The molecule has 3 N–H and O–H groups in total. The van der Waals surface area contributed by atoms with Crippen molar-refractivity contribution in [2.75, 3.05) is 0 Å². The Morgan fingerprint density at radius 2 is 1.70 bits per heavy atom. The maximum Gasteiger partial charge on any atom is 0.340 e. The number of carbonyl (C=O) groups excluding carboxylic acids is 2. The zero-order valence-corrected chi connectivity index (χ0v) is 17.5. The molecule has 0 amide bonds. The molecule has 0 heterocycles. The van der Waals surface area contributed by atoms with E-state index >= 15 is 0 Å². The van der Waals surface area contributed by atoms with E-state index in [0.717, 1.165) is 38.2 Å². The summed E-state index contributed by atoms with van der Waals surface area (Å²) in [5.41, 5.74) is 0. The molecule has 1 aliphatic carbocycles. The molecule has 0 bridgehead atoms. The van der Waals surface area contributed by atoms with E-state index in [0.29, 0.717) is 12.8 Å². The topological polar surface area (TPSA) is 104 Å². The molecule has 1 aromatic rings. The molecule has 168 valence electrons. The van der Waals surface area contributed by atoms with Crippen LogP contribution >= 0.6 is 0 Å². The number of aliphatic hydroxyl groups is 3. The zero-order chi connectivity index (χ0) is 22.1. The highest BCUT2D eigenvalue weighted by molar-refractivity contribution is 5.77. The van der Waals surface area contributed by atoms with Crippen LogP contribution in [0.4, 0.5) is 4.39 Å². The van der Waals surface area contributed by atoms with Gasteiger partial charge in [-0.3, -0.25) is 0 Å². The number of carbonyl (C=O) groups is 2. The van der Waals surface area contributed by atoms with Gasteiger partial charge in [0.05, 0.1) is 12.2 Å². The minimum Gasteiger partial charge on any atom is -0.421 e. The number of hydrogen-bond acceptors (Lipinski definition) is 6. The third-order valence-electron chi connectivity index (χ3n) is 5.93. The number of ether oxygens (including phenoxy) is 1. The Bertz CT molecular complexity index is 694. The Labute approximate surface area is 177 Å². The second kappa shape index (κ2) is 12.1. The van der Waals surface area contributed by atoms with Crippen LogP contribution in [0.5, 0.6) is 5.75 Å². The number of hydrogen-bond donors (Lipinski definition) is 3. The first-order valence-electron chi connectivity index (χ1n) is 10.8. The number of ketones is 1. The van der Waals surface area contributed by atoms with E-state index in [-0.39, 0.29) is 36.2 Å². The smallest absolute Gasteiger partial charge is 0.340 e. The molecule has 0 aromatic heterocycles. The van der Waals surface area contributed by atoms with Crippen molar-refractivity contribution in [1.82, 2.24) is 0 Å². The first-order valence-corrected chi connectivity index (χ1v) is 10.8. The summed E-state index contributed by atoms with van der Waals surface area (Å²) in [6.07, 6.45) is 3.00. The Hall–Kier alpha value is -1.83. The molecule has 2 rings (SSSR count). The van der Waals surface area contributed by atoms with Gasteiger partial charge in [0.1, 0.15) is 5.78 Å². The number of halogens is 1. The third kappa shape index (κ3) is 7.45. The van der Waals surface area contributed by atoms with Crippen LogP contribution in [0.15, 0.2) is 24.3 Å². The number of esters is 1. The van der Waals surface area contributed by atoms with Crippen LogP contribution in [-0.2, 0) is 9.59 Å². The van der Waals surface area contributed by atoms with Crippen LogP contribution in [0.2, 0.25) is 0 Å². The summed E-state index contributed by atoms with van der Waals surface area (Å²) in [4.78, 5) is 23.0. The lowest BCUT2D eigenvalue weighted by Gasteiger charge is -2.24. The molecule has 6 nitrogen and oxygen atoms in total. The van der Waals surface area contributed by atoms with E-state index in [1.165, 1.54) is 18.2 Å². The summed E-state index contributed by atoms with van der Waals surface area (Å²) >= 11 is 0. The zero-order valence-electron chi connectivity index (χ0n) is 17.5. The average Bonchev–Trinajstić information content (AvgIpc) is 2.96. The first kappa shape index (κ1) is 24.4. The summed E-state index contributed by atoms with van der Waals surface area (Å²) in [7, 11) is 0. The van der Waals surface area contributed by atoms with Crippen molar-refractivity contribution in [3.05, 3.63) is 30.1 Å². The highest BCUT2D eigenvalue weighted by Gasteiger charge is 2.41. The van der Waals surface area contributed by atoms with Crippen molar-refractivity contribution in [2.24, 2.45) is 11.8 Å². The van der Waals surface area contributed by atoms with Crippen LogP contribution in [0.1, 0.15) is 64.7 Å². The number of para-hydroxylation sites is 1. The normalized spacial score (nSPS) is 24.6. The predicted molar refractivity (Wildman–Crippen MR) is 109 cm³/mol. The van der Waals surface area contributed by atoms with Crippen molar-refractivity contribution < 1.29 is 34.0 Å². The molecule has 1 aromatic carbocycles. The minimum absolute atomic E-state index is 0.0663. The maximum atomic E-state index is 13.6. The van der Waals surface area contributed by atoms with Gasteiger partial charge < -0.3 is 24.9 Å². The number of unbranched alkanes of at least 4 members (excludes halogenated alkanes) is 3. The molecule has 5 atom stereocenters. The third-order valence-corrected chi connectivity index (χ3v) is 5.93. The van der Waals surface area contributed by atoms with Crippen LogP contribution in [0.25, 0.3) is 0 Å². The molecule has 7 heteroatoms. The van der Waals surface area contributed by atoms with E-state index < -0.39 is 30.1 Å². The van der Waals surface area contributed by atoms with Crippen LogP contribution in [0.3, 0.4) is 0 Å². The molecular formula is C23H33FO6. The van der Waals surface area contributed by atoms with Crippen LogP contribution < -0.4 is 4.74 Å². The van der Waals surface area contributed by atoms with Crippen LogP contribution in [-0.4, -0.2) is 45.4 Å². The van der Waals surface area contributed by atoms with Gasteiger partial charge in [0.2, 0.25) is 0 Å². The van der Waals surface area contributed by atoms with Gasteiger partial charge in [-0.1, -0.05) is 31.4 Å². The molecule has 1 unspecified atom stereocenters. The van der Waals surface area contributed by atoms with Gasteiger partial charge in [0, 0.05) is 6.42 Å². The number of rotatable bonds is 12. The van der Waals surface area contributed by atoms with Gasteiger partial charge >= 0.3 is 5.97 Å². The average molecular weight is 425 g/mol. The summed E-state index contributed by atoms with van der Waals surface area (Å²) in [6, 6.07) is 5.47. The van der Waals surface area contributed by atoms with Gasteiger partial charge in [-0.2, -0.15) is 0 Å². The quantitative estimate of drug-likeness (QED) is 0.271. The molecule has 30 heavy (non-hydrogen) atoms. The van der Waals surface area contributed by atoms with E-state index in [4.69, 9.17) is 4.74 Å². The summed E-state index contributed by atoms with van der Waals surface area (Å²) in [5, 5.41) is 30.7. The maximum absolute atomic E-state index is 13.6. The van der Waals surface area contributed by atoms with Gasteiger partial charge in [-0.25, -0.2) is 9.18 Å². The van der Waals surface area contributed by atoms with Crippen molar-refractivity contribution in [1.29, 1.82) is 0 Å². The monoisotopic (exact) mass is 424 g/mol. The molecule has 0 saturated heterocycles. The molecular weight excluding hydrogens is 391 g/mol. The number of Topliss-reactive ketones (excluding diaryl/α,β-unsaturated/α-hetero) is 1. The Kier molecular flexibility index (Phi) is 9.88. The highest BCUT2D eigenvalue weighted by atomic mass is 19.1. The predicted octanol–water partition coefficient (Wildman–Crippen LogP) is 3.16.